The lowest BCUT2D eigenvalue weighted by Gasteiger charge is -2.13. The summed E-state index contributed by atoms with van der Waals surface area (Å²) in [5.74, 6) is -0.849. The Hall–Kier alpha value is -2.77. The van der Waals surface area contributed by atoms with Crippen LogP contribution in [0.5, 0.6) is 0 Å². The molecule has 0 aliphatic rings. The number of carbonyl (C=O) groups is 1. The number of benzene rings is 1. The van der Waals surface area contributed by atoms with Crippen LogP contribution >= 0.6 is 0 Å². The second kappa shape index (κ2) is 8.62. The monoisotopic (exact) mass is 322 g/mol. The second-order valence-corrected chi connectivity index (χ2v) is 4.93. The summed E-state index contributed by atoms with van der Waals surface area (Å²) < 4.78 is 5.20. The maximum absolute atomic E-state index is 12.1. The van der Waals surface area contributed by atoms with E-state index in [1.54, 1.807) is 0 Å². The Labute approximate surface area is 133 Å². The van der Waals surface area contributed by atoms with Crippen LogP contribution in [0.25, 0.3) is 0 Å². The lowest BCUT2D eigenvalue weighted by Crippen LogP contribution is -2.16. The maximum Gasteiger partial charge on any atom is 0.339 e. The van der Waals surface area contributed by atoms with Crippen LogP contribution in [0, 0.1) is 20.2 Å². The summed E-state index contributed by atoms with van der Waals surface area (Å²) in [6.45, 7) is 5.62. The van der Waals surface area contributed by atoms with Gasteiger partial charge in [0, 0.05) is 12.1 Å². The van der Waals surface area contributed by atoms with Gasteiger partial charge in [0.2, 0.25) is 0 Å². The van der Waals surface area contributed by atoms with E-state index < -0.39 is 33.3 Å². The molecule has 0 amide bonds. The first-order chi connectivity index (χ1) is 10.9. The van der Waals surface area contributed by atoms with Gasteiger partial charge in [0.1, 0.15) is 6.10 Å². The number of hydrogen-bond donors (Lipinski definition) is 0. The van der Waals surface area contributed by atoms with E-state index in [2.05, 4.69) is 6.58 Å². The molecule has 0 N–H and O–H groups in total. The predicted octanol–water partition coefficient (Wildman–Crippen LogP) is 3.79. The van der Waals surface area contributed by atoms with Crippen molar-refractivity contribution in [1.82, 2.24) is 0 Å². The zero-order valence-electron chi connectivity index (χ0n) is 12.8. The average molecular weight is 322 g/mol. The van der Waals surface area contributed by atoms with Crippen molar-refractivity contribution in [3.05, 3.63) is 56.6 Å². The van der Waals surface area contributed by atoms with Crippen molar-refractivity contribution in [2.75, 3.05) is 0 Å². The van der Waals surface area contributed by atoms with Gasteiger partial charge in [0.15, 0.2) is 0 Å². The maximum atomic E-state index is 12.1. The number of nitrogens with zero attached hydrogens (tertiary/aromatic N) is 2. The quantitative estimate of drug-likeness (QED) is 0.225. The Morgan fingerprint density at radius 2 is 1.78 bits per heavy atom. The normalized spacial score (nSPS) is 11.5. The lowest BCUT2D eigenvalue weighted by atomic mass is 10.1. The molecule has 1 atom stereocenters. The summed E-state index contributed by atoms with van der Waals surface area (Å²) in [6.07, 6.45) is 4.35. The third kappa shape index (κ3) is 5.50. The first-order valence-corrected chi connectivity index (χ1v) is 7.16. The average Bonchev–Trinajstić information content (AvgIpc) is 2.53. The van der Waals surface area contributed by atoms with Gasteiger partial charge in [-0.2, -0.15) is 0 Å². The van der Waals surface area contributed by atoms with Crippen molar-refractivity contribution in [3.63, 3.8) is 0 Å². The molecule has 1 aromatic rings. The Balaban J connectivity index is 2.95. The van der Waals surface area contributed by atoms with Crippen molar-refractivity contribution in [2.45, 2.75) is 38.7 Å². The number of hydrogen-bond acceptors (Lipinski definition) is 6. The molecule has 8 nitrogen and oxygen atoms in total. The Morgan fingerprint density at radius 1 is 1.22 bits per heavy atom. The Bertz CT molecular complexity index is 582. The zero-order valence-corrected chi connectivity index (χ0v) is 12.8. The molecule has 0 radical (unpaired) electrons. The topological polar surface area (TPSA) is 113 Å². The van der Waals surface area contributed by atoms with Gasteiger partial charge in [-0.1, -0.05) is 32.4 Å². The first-order valence-electron chi connectivity index (χ1n) is 7.16. The van der Waals surface area contributed by atoms with Crippen molar-refractivity contribution in [3.8, 4) is 0 Å². The second-order valence-electron chi connectivity index (χ2n) is 4.93. The van der Waals surface area contributed by atoms with E-state index in [0.29, 0.717) is 6.42 Å². The fourth-order valence-electron chi connectivity index (χ4n) is 1.95. The van der Waals surface area contributed by atoms with Crippen LogP contribution in [0.1, 0.15) is 43.0 Å². The van der Waals surface area contributed by atoms with Gasteiger partial charge in [0.05, 0.1) is 21.5 Å². The number of nitro benzene ring substituents is 2. The van der Waals surface area contributed by atoms with Crippen LogP contribution in [0.15, 0.2) is 30.9 Å². The number of unbranched alkanes of at least 4 members (excludes halogenated alkanes) is 2. The third-order valence-electron chi connectivity index (χ3n) is 3.17. The largest absolute Gasteiger partial charge is 0.455 e. The van der Waals surface area contributed by atoms with E-state index in [4.69, 9.17) is 4.74 Å². The number of carbonyl (C=O) groups excluding carboxylic acids is 1. The van der Waals surface area contributed by atoms with E-state index in [1.165, 1.54) is 6.08 Å². The standard InChI is InChI=1S/C15H18N2O6/c1-3-5-6-7-14(4-2)23-15(18)11-8-12(16(19)20)10-13(9-11)17(21)22/h4,8-10,14H,2-3,5-7H2,1H3/t14-/m1/s1. The first kappa shape index (κ1) is 18.3. The van der Waals surface area contributed by atoms with E-state index in [1.807, 2.05) is 6.92 Å². The minimum Gasteiger partial charge on any atom is -0.455 e. The van der Waals surface area contributed by atoms with Gasteiger partial charge in [0.25, 0.3) is 11.4 Å². The Morgan fingerprint density at radius 3 is 2.22 bits per heavy atom. The molecule has 8 heteroatoms. The number of non-ortho nitro benzene ring substituents is 2. The highest BCUT2D eigenvalue weighted by Crippen LogP contribution is 2.23. The number of nitro groups is 2. The van der Waals surface area contributed by atoms with Gasteiger partial charge < -0.3 is 4.74 Å². The van der Waals surface area contributed by atoms with Gasteiger partial charge in [-0.25, -0.2) is 4.79 Å². The van der Waals surface area contributed by atoms with Crippen LogP contribution in [0.3, 0.4) is 0 Å². The molecular weight excluding hydrogens is 304 g/mol. The van der Waals surface area contributed by atoms with Gasteiger partial charge in [-0.3, -0.25) is 20.2 Å². The van der Waals surface area contributed by atoms with Crippen molar-refractivity contribution in [1.29, 1.82) is 0 Å². The number of ether oxygens (including phenoxy) is 1. The molecule has 23 heavy (non-hydrogen) atoms. The van der Waals surface area contributed by atoms with Gasteiger partial charge in [-0.05, 0) is 12.8 Å². The fraction of sp³-hybridized carbons (Fsp3) is 0.400. The molecule has 1 rings (SSSR count). The summed E-state index contributed by atoms with van der Waals surface area (Å²) in [4.78, 5) is 32.1. The smallest absolute Gasteiger partial charge is 0.339 e. The summed E-state index contributed by atoms with van der Waals surface area (Å²) in [5, 5.41) is 21.6. The van der Waals surface area contributed by atoms with Crippen LogP contribution in [0.2, 0.25) is 0 Å². The highest BCUT2D eigenvalue weighted by atomic mass is 16.6. The van der Waals surface area contributed by atoms with E-state index in [0.717, 1.165) is 37.5 Å². The van der Waals surface area contributed by atoms with Crippen LogP contribution in [-0.2, 0) is 4.74 Å². The molecule has 0 aliphatic carbocycles. The minimum absolute atomic E-state index is 0.228. The number of rotatable bonds is 9. The molecule has 0 heterocycles. The highest BCUT2D eigenvalue weighted by molar-refractivity contribution is 5.91. The molecule has 0 saturated carbocycles. The third-order valence-corrected chi connectivity index (χ3v) is 3.17. The number of esters is 1. The Kier molecular flexibility index (Phi) is 6.85. The van der Waals surface area contributed by atoms with E-state index in [9.17, 15) is 25.0 Å². The van der Waals surface area contributed by atoms with E-state index >= 15 is 0 Å². The predicted molar refractivity (Wildman–Crippen MR) is 83.3 cm³/mol. The molecular formula is C15H18N2O6. The fourth-order valence-corrected chi connectivity index (χ4v) is 1.95. The van der Waals surface area contributed by atoms with Crippen molar-refractivity contribution < 1.29 is 19.4 Å². The van der Waals surface area contributed by atoms with E-state index in [-0.39, 0.29) is 5.56 Å². The highest BCUT2D eigenvalue weighted by Gasteiger charge is 2.22. The molecule has 0 unspecified atom stereocenters. The summed E-state index contributed by atoms with van der Waals surface area (Å²) in [6, 6.07) is 2.71. The summed E-state index contributed by atoms with van der Waals surface area (Å²) >= 11 is 0. The molecule has 124 valence electrons. The minimum atomic E-state index is -0.849. The summed E-state index contributed by atoms with van der Waals surface area (Å²) in [7, 11) is 0. The molecule has 0 bridgehead atoms. The SMILES string of the molecule is C=C[C@H](CCCCC)OC(=O)c1cc([N+](=O)[O-])cc([N+](=O)[O-])c1. The van der Waals surface area contributed by atoms with Crippen molar-refractivity contribution >= 4 is 17.3 Å². The lowest BCUT2D eigenvalue weighted by molar-refractivity contribution is -0.394. The van der Waals surface area contributed by atoms with Crippen LogP contribution in [-0.4, -0.2) is 21.9 Å². The van der Waals surface area contributed by atoms with Crippen LogP contribution in [0.4, 0.5) is 11.4 Å². The molecule has 1 aromatic carbocycles. The van der Waals surface area contributed by atoms with Gasteiger partial charge in [-0.15, -0.1) is 0 Å². The zero-order chi connectivity index (χ0) is 17.4. The van der Waals surface area contributed by atoms with Crippen LogP contribution < -0.4 is 0 Å². The van der Waals surface area contributed by atoms with Gasteiger partial charge >= 0.3 is 5.97 Å². The molecule has 0 aliphatic heterocycles. The summed E-state index contributed by atoms with van der Waals surface area (Å²) in [5.41, 5.74) is -1.30. The molecule has 0 aromatic heterocycles. The molecule has 0 spiro atoms. The van der Waals surface area contributed by atoms with Crippen molar-refractivity contribution in [2.24, 2.45) is 0 Å². The molecule has 0 fully saturated rings. The molecule has 0 saturated heterocycles.